The Morgan fingerprint density at radius 1 is 1.25 bits per heavy atom. The predicted octanol–water partition coefficient (Wildman–Crippen LogP) is 4.01. The molecule has 2 unspecified atom stereocenters. The van der Waals surface area contributed by atoms with E-state index in [0.717, 1.165) is 16.9 Å². The van der Waals surface area contributed by atoms with E-state index in [4.69, 9.17) is 4.74 Å². The van der Waals surface area contributed by atoms with Crippen LogP contribution in [0.5, 0.6) is 5.75 Å². The summed E-state index contributed by atoms with van der Waals surface area (Å²) in [6, 6.07) is 13.4. The molecule has 126 valence electrons. The minimum absolute atomic E-state index is 0.0374. The lowest BCUT2D eigenvalue weighted by atomic mass is 9.98. The van der Waals surface area contributed by atoms with Crippen molar-refractivity contribution in [3.05, 3.63) is 64.7 Å². The number of carbonyl (C=O) groups is 1. The summed E-state index contributed by atoms with van der Waals surface area (Å²) < 4.78 is 5.96. The van der Waals surface area contributed by atoms with Crippen LogP contribution >= 0.6 is 11.8 Å². The third kappa shape index (κ3) is 3.28. The van der Waals surface area contributed by atoms with Gasteiger partial charge in [-0.05, 0) is 50.3 Å². The van der Waals surface area contributed by atoms with Gasteiger partial charge in [0.25, 0.3) is 0 Å². The molecule has 0 aliphatic carbocycles. The molecular formula is C19H21NO3S. The number of aromatic carboxylic acids is 1. The molecule has 0 spiro atoms. The van der Waals surface area contributed by atoms with Crippen LogP contribution in [-0.4, -0.2) is 35.4 Å². The molecular weight excluding hydrogens is 322 g/mol. The zero-order valence-corrected chi connectivity index (χ0v) is 14.8. The normalized spacial score (nSPS) is 17.4. The number of carboxylic acids is 1. The minimum Gasteiger partial charge on any atom is -0.489 e. The van der Waals surface area contributed by atoms with Gasteiger partial charge in [-0.1, -0.05) is 24.3 Å². The first kappa shape index (κ1) is 16.9. The number of hydrogen-bond donors (Lipinski definition) is 1. The van der Waals surface area contributed by atoms with E-state index in [-0.39, 0.29) is 10.6 Å². The molecule has 3 rings (SSSR count). The van der Waals surface area contributed by atoms with Gasteiger partial charge in [-0.15, -0.1) is 11.8 Å². The summed E-state index contributed by atoms with van der Waals surface area (Å²) in [5, 5.41) is 9.67. The van der Waals surface area contributed by atoms with Gasteiger partial charge in [-0.3, -0.25) is 4.90 Å². The molecule has 0 aromatic heterocycles. The van der Waals surface area contributed by atoms with Crippen LogP contribution < -0.4 is 4.74 Å². The lowest BCUT2D eigenvalue weighted by molar-refractivity contribution is 0.0696. The highest BCUT2D eigenvalue weighted by Crippen LogP contribution is 2.46. The number of thioether (sulfide) groups is 1. The Hall–Kier alpha value is -1.98. The van der Waals surface area contributed by atoms with Crippen molar-refractivity contribution in [2.75, 3.05) is 14.1 Å². The molecule has 0 amide bonds. The zero-order valence-electron chi connectivity index (χ0n) is 14.0. The number of benzene rings is 2. The molecule has 1 aliphatic heterocycles. The first-order valence-electron chi connectivity index (χ1n) is 7.87. The molecule has 24 heavy (non-hydrogen) atoms. The van der Waals surface area contributed by atoms with E-state index in [1.807, 2.05) is 26.2 Å². The van der Waals surface area contributed by atoms with Crippen molar-refractivity contribution >= 4 is 17.7 Å². The maximum atomic E-state index is 11.4. The Bertz CT molecular complexity index is 760. The fourth-order valence-electron chi connectivity index (χ4n) is 2.73. The number of hydrogen-bond acceptors (Lipinski definition) is 4. The van der Waals surface area contributed by atoms with E-state index in [1.54, 1.807) is 30.0 Å². The Kier molecular flexibility index (Phi) is 4.83. The van der Waals surface area contributed by atoms with Crippen LogP contribution in [0.1, 0.15) is 39.2 Å². The third-order valence-electron chi connectivity index (χ3n) is 4.32. The fraction of sp³-hybridized carbons (Fsp3) is 0.316. The first-order chi connectivity index (χ1) is 11.5. The minimum atomic E-state index is -0.917. The van der Waals surface area contributed by atoms with E-state index in [9.17, 15) is 9.90 Å². The van der Waals surface area contributed by atoms with Crippen LogP contribution in [0, 0.1) is 0 Å². The summed E-state index contributed by atoms with van der Waals surface area (Å²) in [7, 11) is 4.09. The predicted molar refractivity (Wildman–Crippen MR) is 96.8 cm³/mol. The fourth-order valence-corrected chi connectivity index (χ4v) is 4.07. The van der Waals surface area contributed by atoms with Crippen molar-refractivity contribution < 1.29 is 14.6 Å². The molecule has 4 nitrogen and oxygen atoms in total. The molecule has 2 atom stereocenters. The maximum Gasteiger partial charge on any atom is 0.335 e. The smallest absolute Gasteiger partial charge is 0.335 e. The molecule has 2 aromatic carbocycles. The molecule has 1 heterocycles. The summed E-state index contributed by atoms with van der Waals surface area (Å²) in [5.41, 5.74) is 3.56. The Labute approximate surface area is 146 Å². The van der Waals surface area contributed by atoms with Gasteiger partial charge in [0.15, 0.2) is 0 Å². The molecule has 2 aromatic rings. The highest BCUT2D eigenvalue weighted by atomic mass is 32.2. The molecule has 0 bridgehead atoms. The number of ether oxygens (including phenoxy) is 1. The van der Waals surface area contributed by atoms with Gasteiger partial charge in [0, 0.05) is 5.56 Å². The van der Waals surface area contributed by atoms with Gasteiger partial charge in [0.2, 0.25) is 0 Å². The van der Waals surface area contributed by atoms with Crippen LogP contribution in [0.25, 0.3) is 0 Å². The molecule has 0 fully saturated rings. The van der Waals surface area contributed by atoms with E-state index in [2.05, 4.69) is 24.0 Å². The van der Waals surface area contributed by atoms with Crippen LogP contribution in [0.3, 0.4) is 0 Å². The second-order valence-corrected chi connectivity index (χ2v) is 7.55. The topological polar surface area (TPSA) is 49.8 Å². The number of fused-ring (bicyclic) bond motifs is 2. The number of nitrogens with zero attached hydrogens (tertiary/aromatic N) is 1. The van der Waals surface area contributed by atoms with E-state index < -0.39 is 5.97 Å². The Balaban J connectivity index is 2.12. The van der Waals surface area contributed by atoms with Crippen LogP contribution in [0.2, 0.25) is 0 Å². The van der Waals surface area contributed by atoms with Crippen LogP contribution in [0.15, 0.2) is 42.5 Å². The van der Waals surface area contributed by atoms with Gasteiger partial charge < -0.3 is 9.84 Å². The first-order valence-corrected chi connectivity index (χ1v) is 8.81. The van der Waals surface area contributed by atoms with E-state index >= 15 is 0 Å². The van der Waals surface area contributed by atoms with Crippen molar-refractivity contribution in [3.8, 4) is 5.75 Å². The number of carboxylic acid groups (broad SMARTS) is 1. The zero-order chi connectivity index (χ0) is 17.3. The van der Waals surface area contributed by atoms with Crippen molar-refractivity contribution in [1.82, 2.24) is 4.90 Å². The second-order valence-electron chi connectivity index (χ2n) is 6.12. The third-order valence-corrected chi connectivity index (χ3v) is 5.92. The summed E-state index contributed by atoms with van der Waals surface area (Å²) in [5.74, 6) is -0.153. The standard InChI is InChI=1S/C19H21NO3S/c1-12(20(2)3)24-18-15-7-5-4-6-14(15)11-23-17-9-8-13(19(21)22)10-16(17)18/h4-10,12,18H,11H2,1-3H3,(H,21,22). The van der Waals surface area contributed by atoms with Crippen LogP contribution in [-0.2, 0) is 6.61 Å². The Morgan fingerprint density at radius 3 is 2.71 bits per heavy atom. The van der Waals surface area contributed by atoms with Crippen molar-refractivity contribution in [2.45, 2.75) is 24.2 Å². The summed E-state index contributed by atoms with van der Waals surface area (Å²) in [4.78, 5) is 13.6. The lowest BCUT2D eigenvalue weighted by Gasteiger charge is -2.26. The average molecular weight is 343 g/mol. The molecule has 0 radical (unpaired) electrons. The van der Waals surface area contributed by atoms with Gasteiger partial charge >= 0.3 is 5.97 Å². The highest BCUT2D eigenvalue weighted by Gasteiger charge is 2.28. The largest absolute Gasteiger partial charge is 0.489 e. The van der Waals surface area contributed by atoms with Crippen molar-refractivity contribution in [2.24, 2.45) is 0 Å². The monoisotopic (exact) mass is 343 g/mol. The van der Waals surface area contributed by atoms with Gasteiger partial charge in [-0.2, -0.15) is 0 Å². The average Bonchev–Trinajstić information content (AvgIpc) is 2.72. The SMILES string of the molecule is CC(SC1c2ccccc2COc2ccc(C(=O)O)cc21)N(C)C. The maximum absolute atomic E-state index is 11.4. The van der Waals surface area contributed by atoms with Crippen LogP contribution in [0.4, 0.5) is 0 Å². The molecule has 5 heteroatoms. The van der Waals surface area contributed by atoms with E-state index in [1.165, 1.54) is 5.56 Å². The molecule has 1 aliphatic rings. The molecule has 0 saturated carbocycles. The summed E-state index contributed by atoms with van der Waals surface area (Å²) in [6.07, 6.45) is 0. The lowest BCUT2D eigenvalue weighted by Crippen LogP contribution is -2.22. The van der Waals surface area contributed by atoms with Crippen molar-refractivity contribution in [3.63, 3.8) is 0 Å². The highest BCUT2D eigenvalue weighted by molar-refractivity contribution is 8.00. The summed E-state index contributed by atoms with van der Waals surface area (Å²) >= 11 is 1.80. The Morgan fingerprint density at radius 2 is 2.00 bits per heavy atom. The number of rotatable bonds is 4. The molecule has 1 N–H and O–H groups in total. The quantitative estimate of drug-likeness (QED) is 0.850. The van der Waals surface area contributed by atoms with E-state index in [0.29, 0.717) is 12.2 Å². The van der Waals surface area contributed by atoms with Crippen molar-refractivity contribution in [1.29, 1.82) is 0 Å². The molecule has 0 saturated heterocycles. The van der Waals surface area contributed by atoms with Gasteiger partial charge in [-0.25, -0.2) is 4.79 Å². The second kappa shape index (κ2) is 6.87. The van der Waals surface area contributed by atoms with Gasteiger partial charge in [0.1, 0.15) is 12.4 Å². The summed E-state index contributed by atoms with van der Waals surface area (Å²) in [6.45, 7) is 2.66. The van der Waals surface area contributed by atoms with Gasteiger partial charge in [0.05, 0.1) is 16.2 Å².